The Morgan fingerprint density at radius 1 is 1.09 bits per heavy atom. The van der Waals surface area contributed by atoms with Crippen molar-refractivity contribution >= 4 is 36.2 Å². The van der Waals surface area contributed by atoms with Gasteiger partial charge in [-0.3, -0.25) is 0 Å². The molecule has 0 aromatic heterocycles. The van der Waals surface area contributed by atoms with Gasteiger partial charge in [0.05, 0.1) is 0 Å². The summed E-state index contributed by atoms with van der Waals surface area (Å²) in [4.78, 5) is 11.0. The predicted octanol–water partition coefficient (Wildman–Crippen LogP) is 2.03. The summed E-state index contributed by atoms with van der Waals surface area (Å²) in [6, 6.07) is 18.2. The van der Waals surface area contributed by atoms with E-state index in [9.17, 15) is 4.79 Å². The zero-order valence-electron chi connectivity index (χ0n) is 12.5. The molecular formula is C17H19NO3Te. The SMILES string of the molecule is COC(=O)CCNc1ccc([Te]COc2ccccc2)cc1. The molecule has 1 N–H and O–H groups in total. The van der Waals surface area contributed by atoms with Crippen LogP contribution in [-0.2, 0) is 9.53 Å². The number of anilines is 1. The molecule has 0 fully saturated rings. The molecule has 5 heteroatoms. The second kappa shape index (κ2) is 9.34. The monoisotopic (exact) mass is 415 g/mol. The van der Waals surface area contributed by atoms with Crippen molar-refractivity contribution in [1.29, 1.82) is 0 Å². The molecule has 22 heavy (non-hydrogen) atoms. The molecule has 0 atom stereocenters. The van der Waals surface area contributed by atoms with Gasteiger partial charge in [-0.15, -0.1) is 0 Å². The van der Waals surface area contributed by atoms with E-state index >= 15 is 0 Å². The van der Waals surface area contributed by atoms with Crippen LogP contribution in [0.3, 0.4) is 0 Å². The summed E-state index contributed by atoms with van der Waals surface area (Å²) in [5.74, 6) is 0.725. The molecule has 0 aliphatic heterocycles. The molecule has 0 saturated heterocycles. The van der Waals surface area contributed by atoms with Crippen LogP contribution in [0.5, 0.6) is 5.75 Å². The molecule has 0 radical (unpaired) electrons. The average molecular weight is 413 g/mol. The number of carbonyl (C=O) groups is 1. The van der Waals surface area contributed by atoms with Crippen LogP contribution in [0, 0.1) is 0 Å². The van der Waals surface area contributed by atoms with Crippen molar-refractivity contribution in [2.24, 2.45) is 0 Å². The van der Waals surface area contributed by atoms with Crippen molar-refractivity contribution in [1.82, 2.24) is 0 Å². The van der Waals surface area contributed by atoms with Crippen LogP contribution in [0.4, 0.5) is 5.69 Å². The summed E-state index contributed by atoms with van der Waals surface area (Å²) in [6.45, 7) is 0.583. The Morgan fingerprint density at radius 3 is 2.50 bits per heavy atom. The van der Waals surface area contributed by atoms with E-state index in [2.05, 4.69) is 22.2 Å². The Morgan fingerprint density at radius 2 is 1.82 bits per heavy atom. The third-order valence-corrected chi connectivity index (χ3v) is 5.34. The van der Waals surface area contributed by atoms with Gasteiger partial charge in [0.15, 0.2) is 0 Å². The molecule has 0 aliphatic carbocycles. The van der Waals surface area contributed by atoms with Crippen LogP contribution in [0.1, 0.15) is 6.42 Å². The van der Waals surface area contributed by atoms with E-state index in [0.29, 0.717) is 13.0 Å². The molecule has 2 aromatic rings. The Kier molecular flexibility index (Phi) is 7.08. The van der Waals surface area contributed by atoms with Gasteiger partial charge in [-0.05, 0) is 0 Å². The average Bonchev–Trinajstić information content (AvgIpc) is 2.57. The predicted molar refractivity (Wildman–Crippen MR) is 88.9 cm³/mol. The van der Waals surface area contributed by atoms with Crippen LogP contribution >= 0.6 is 0 Å². The molecule has 0 unspecified atom stereocenters. The van der Waals surface area contributed by atoms with Gasteiger partial charge in [0, 0.05) is 0 Å². The number of benzene rings is 2. The number of rotatable bonds is 8. The maximum atomic E-state index is 11.0. The number of carbonyl (C=O) groups excluding carboxylic acids is 1. The summed E-state index contributed by atoms with van der Waals surface area (Å²) >= 11 is -0.349. The van der Waals surface area contributed by atoms with Crippen LogP contribution in [0.25, 0.3) is 0 Å². The van der Waals surface area contributed by atoms with Crippen molar-refractivity contribution < 1.29 is 14.3 Å². The number of nitrogens with one attached hydrogen (secondary N) is 1. The number of hydrogen-bond acceptors (Lipinski definition) is 4. The van der Waals surface area contributed by atoms with Gasteiger partial charge in [0.25, 0.3) is 0 Å². The molecule has 0 bridgehead atoms. The van der Waals surface area contributed by atoms with Crippen molar-refractivity contribution in [3.8, 4) is 5.75 Å². The molecule has 0 saturated carbocycles. The molecule has 116 valence electrons. The fourth-order valence-corrected chi connectivity index (χ4v) is 3.64. The maximum absolute atomic E-state index is 11.0. The molecular weight excluding hydrogens is 394 g/mol. The van der Waals surface area contributed by atoms with Gasteiger partial charge in [-0.25, -0.2) is 0 Å². The van der Waals surface area contributed by atoms with E-state index in [1.807, 2.05) is 42.5 Å². The minimum absolute atomic E-state index is 0.200. The first-order valence-electron chi connectivity index (χ1n) is 6.99. The number of methoxy groups -OCH3 is 1. The normalized spacial score (nSPS) is 10.0. The first kappa shape index (κ1) is 16.7. The summed E-state index contributed by atoms with van der Waals surface area (Å²) in [7, 11) is 1.40. The van der Waals surface area contributed by atoms with Crippen LogP contribution in [-0.4, -0.2) is 45.2 Å². The molecule has 0 heterocycles. The van der Waals surface area contributed by atoms with E-state index in [-0.39, 0.29) is 26.9 Å². The number of hydrogen-bond donors (Lipinski definition) is 1. The third kappa shape index (κ3) is 5.97. The van der Waals surface area contributed by atoms with Crippen LogP contribution in [0.15, 0.2) is 54.6 Å². The fraction of sp³-hybridized carbons (Fsp3) is 0.235. The minimum atomic E-state index is -0.349. The van der Waals surface area contributed by atoms with Gasteiger partial charge in [-0.1, -0.05) is 0 Å². The van der Waals surface area contributed by atoms with Gasteiger partial charge < -0.3 is 0 Å². The van der Waals surface area contributed by atoms with E-state index in [4.69, 9.17) is 4.74 Å². The van der Waals surface area contributed by atoms with Crippen LogP contribution < -0.4 is 13.7 Å². The summed E-state index contributed by atoms with van der Waals surface area (Å²) in [6.07, 6.45) is 0.372. The van der Waals surface area contributed by atoms with E-state index in [0.717, 1.165) is 16.1 Å². The van der Waals surface area contributed by atoms with Crippen molar-refractivity contribution in [2.45, 2.75) is 6.42 Å². The van der Waals surface area contributed by atoms with E-state index in [1.165, 1.54) is 10.7 Å². The van der Waals surface area contributed by atoms with Gasteiger partial charge in [0.2, 0.25) is 0 Å². The quantitative estimate of drug-likeness (QED) is 0.532. The number of ether oxygens (including phenoxy) is 2. The molecule has 4 nitrogen and oxygen atoms in total. The first-order chi connectivity index (χ1) is 10.8. The Balaban J connectivity index is 1.71. The number of para-hydroxylation sites is 1. The summed E-state index contributed by atoms with van der Waals surface area (Å²) < 4.78 is 12.5. The van der Waals surface area contributed by atoms with Gasteiger partial charge in [-0.2, -0.15) is 0 Å². The van der Waals surface area contributed by atoms with Gasteiger partial charge in [0.1, 0.15) is 0 Å². The second-order valence-corrected chi connectivity index (χ2v) is 7.34. The Labute approximate surface area is 140 Å². The Hall–Kier alpha value is -1.70. The molecule has 0 aliphatic rings. The standard InChI is InChI=1S/C17H19NO3Te/c1-20-17(19)11-12-18-14-7-9-16(10-8-14)22-13-21-15-5-3-2-4-6-15/h2-10,18H,11-13H2,1H3. The fourth-order valence-electron chi connectivity index (χ4n) is 1.76. The van der Waals surface area contributed by atoms with Crippen molar-refractivity contribution in [3.05, 3.63) is 54.6 Å². The van der Waals surface area contributed by atoms with E-state index in [1.54, 1.807) is 0 Å². The van der Waals surface area contributed by atoms with Crippen LogP contribution in [0.2, 0.25) is 0 Å². The molecule has 2 aromatic carbocycles. The van der Waals surface area contributed by atoms with Crippen molar-refractivity contribution in [2.75, 3.05) is 23.6 Å². The van der Waals surface area contributed by atoms with Crippen molar-refractivity contribution in [3.63, 3.8) is 0 Å². The topological polar surface area (TPSA) is 47.6 Å². The second-order valence-electron chi connectivity index (χ2n) is 4.50. The first-order valence-corrected chi connectivity index (χ1v) is 9.80. The zero-order valence-corrected chi connectivity index (χ0v) is 14.8. The third-order valence-electron chi connectivity index (χ3n) is 2.93. The Bertz CT molecular complexity index is 572. The molecule has 0 amide bonds. The summed E-state index contributed by atoms with van der Waals surface area (Å²) in [5.41, 5.74) is 1.02. The van der Waals surface area contributed by atoms with E-state index < -0.39 is 0 Å². The van der Waals surface area contributed by atoms with Gasteiger partial charge >= 0.3 is 141 Å². The molecule has 2 rings (SSSR count). The summed E-state index contributed by atoms with van der Waals surface area (Å²) in [5, 5.41) is 3.20. The molecule has 0 spiro atoms. The zero-order chi connectivity index (χ0) is 15.6. The number of esters is 1.